The second-order valence-corrected chi connectivity index (χ2v) is 4.76. The smallest absolute Gasteiger partial charge is 0.161 e. The molecule has 0 spiro atoms. The van der Waals surface area contributed by atoms with Gasteiger partial charge in [0.15, 0.2) is 11.5 Å². The fourth-order valence-corrected chi connectivity index (χ4v) is 2.45. The van der Waals surface area contributed by atoms with Crippen molar-refractivity contribution in [3.05, 3.63) is 47.5 Å². The third kappa shape index (κ3) is 2.35. The summed E-state index contributed by atoms with van der Waals surface area (Å²) < 4.78 is 11.2. The van der Waals surface area contributed by atoms with Gasteiger partial charge in [0.1, 0.15) is 13.2 Å². The molecule has 4 nitrogen and oxygen atoms in total. The van der Waals surface area contributed by atoms with Crippen LogP contribution >= 0.6 is 0 Å². The van der Waals surface area contributed by atoms with Crippen molar-refractivity contribution in [3.8, 4) is 22.6 Å². The molecule has 2 aromatic rings. The monoisotopic (exact) mass is 271 g/mol. The van der Waals surface area contributed by atoms with E-state index in [4.69, 9.17) is 20.2 Å². The Morgan fingerprint density at radius 2 is 1.90 bits per heavy atom. The summed E-state index contributed by atoms with van der Waals surface area (Å²) in [6.07, 6.45) is 0. The number of fused-ring (bicyclic) bond motifs is 1. The van der Waals surface area contributed by atoms with Gasteiger partial charge in [-0.1, -0.05) is 24.3 Å². The van der Waals surface area contributed by atoms with Crippen LogP contribution in [0.3, 0.4) is 0 Å². The molecule has 4 heteroatoms. The number of nitrogens with two attached hydrogens (primary N) is 1. The summed E-state index contributed by atoms with van der Waals surface area (Å²) in [7, 11) is 0. The highest BCUT2D eigenvalue weighted by atomic mass is 16.6. The maximum absolute atomic E-state index is 5.63. The Morgan fingerprint density at radius 3 is 2.70 bits per heavy atom. The molecule has 0 amide bonds. The summed E-state index contributed by atoms with van der Waals surface area (Å²) in [6.45, 7) is 3.68. The van der Waals surface area contributed by atoms with Crippen LogP contribution < -0.4 is 15.4 Å². The van der Waals surface area contributed by atoms with Gasteiger partial charge in [-0.25, -0.2) is 5.90 Å². The van der Waals surface area contributed by atoms with Gasteiger partial charge in [0.25, 0.3) is 0 Å². The fourth-order valence-electron chi connectivity index (χ4n) is 2.45. The van der Waals surface area contributed by atoms with Crippen LogP contribution in [-0.4, -0.2) is 13.2 Å². The number of benzene rings is 2. The first-order valence-electron chi connectivity index (χ1n) is 6.60. The number of hydrogen-bond acceptors (Lipinski definition) is 4. The van der Waals surface area contributed by atoms with Gasteiger partial charge in [-0.15, -0.1) is 0 Å². The van der Waals surface area contributed by atoms with E-state index in [0.717, 1.165) is 33.8 Å². The van der Waals surface area contributed by atoms with Crippen molar-refractivity contribution in [3.63, 3.8) is 0 Å². The lowest BCUT2D eigenvalue weighted by Crippen LogP contribution is -2.15. The summed E-state index contributed by atoms with van der Waals surface area (Å²) in [5.74, 6) is 6.78. The predicted molar refractivity (Wildman–Crippen MR) is 76.6 cm³/mol. The summed E-state index contributed by atoms with van der Waals surface area (Å²) in [5.41, 5.74) is 4.50. The number of ether oxygens (including phenoxy) is 2. The van der Waals surface area contributed by atoms with Crippen LogP contribution in [0.1, 0.15) is 11.1 Å². The molecule has 0 aromatic heterocycles. The molecule has 3 rings (SSSR count). The molecule has 0 atom stereocenters. The third-order valence-electron chi connectivity index (χ3n) is 3.54. The molecule has 104 valence electrons. The summed E-state index contributed by atoms with van der Waals surface area (Å²) >= 11 is 0. The Labute approximate surface area is 118 Å². The Hall–Kier alpha value is -2.04. The van der Waals surface area contributed by atoms with Crippen LogP contribution in [0.5, 0.6) is 11.5 Å². The quantitative estimate of drug-likeness (QED) is 0.872. The molecular formula is C16H17NO3. The van der Waals surface area contributed by atoms with Crippen LogP contribution in [0, 0.1) is 6.92 Å². The number of rotatable bonds is 3. The Morgan fingerprint density at radius 1 is 1.10 bits per heavy atom. The molecular weight excluding hydrogens is 254 g/mol. The van der Waals surface area contributed by atoms with Crippen molar-refractivity contribution < 1.29 is 14.3 Å². The average molecular weight is 271 g/mol. The second-order valence-electron chi connectivity index (χ2n) is 4.76. The van der Waals surface area contributed by atoms with E-state index in [2.05, 4.69) is 13.0 Å². The lowest BCUT2D eigenvalue weighted by molar-refractivity contribution is 0.123. The Balaban J connectivity index is 2.02. The highest BCUT2D eigenvalue weighted by Crippen LogP contribution is 2.36. The molecule has 2 aromatic carbocycles. The van der Waals surface area contributed by atoms with E-state index in [1.807, 2.05) is 30.3 Å². The predicted octanol–water partition coefficient (Wildman–Crippen LogP) is 2.82. The lowest BCUT2D eigenvalue weighted by atomic mass is 9.96. The molecule has 0 saturated heterocycles. The zero-order valence-corrected chi connectivity index (χ0v) is 11.4. The first-order valence-corrected chi connectivity index (χ1v) is 6.60. The SMILES string of the molecule is Cc1c(CON)cccc1-c1ccc2c(c1)OCCO2. The van der Waals surface area contributed by atoms with Gasteiger partial charge in [-0.2, -0.15) is 0 Å². The van der Waals surface area contributed by atoms with Crippen LogP contribution in [0.2, 0.25) is 0 Å². The molecule has 1 heterocycles. The first-order chi connectivity index (χ1) is 9.79. The van der Waals surface area contributed by atoms with Crippen LogP contribution in [0.4, 0.5) is 0 Å². The minimum Gasteiger partial charge on any atom is -0.486 e. The molecule has 20 heavy (non-hydrogen) atoms. The fraction of sp³-hybridized carbons (Fsp3) is 0.250. The van der Waals surface area contributed by atoms with Crippen molar-refractivity contribution in [2.75, 3.05) is 13.2 Å². The van der Waals surface area contributed by atoms with Crippen molar-refractivity contribution in [2.24, 2.45) is 5.90 Å². The first kappa shape index (κ1) is 13.0. The maximum Gasteiger partial charge on any atom is 0.161 e. The van der Waals surface area contributed by atoms with E-state index in [9.17, 15) is 0 Å². The van der Waals surface area contributed by atoms with E-state index < -0.39 is 0 Å². The van der Waals surface area contributed by atoms with Crippen LogP contribution in [-0.2, 0) is 11.4 Å². The largest absolute Gasteiger partial charge is 0.486 e. The van der Waals surface area contributed by atoms with Gasteiger partial charge in [-0.3, -0.25) is 4.84 Å². The summed E-state index contributed by atoms with van der Waals surface area (Å²) in [6, 6.07) is 12.1. The summed E-state index contributed by atoms with van der Waals surface area (Å²) in [4.78, 5) is 4.75. The van der Waals surface area contributed by atoms with Crippen molar-refractivity contribution in [1.29, 1.82) is 0 Å². The topological polar surface area (TPSA) is 53.7 Å². The molecule has 0 unspecified atom stereocenters. The lowest BCUT2D eigenvalue weighted by Gasteiger charge is -2.19. The van der Waals surface area contributed by atoms with Gasteiger partial charge < -0.3 is 9.47 Å². The average Bonchev–Trinajstić information content (AvgIpc) is 2.49. The highest BCUT2D eigenvalue weighted by molar-refractivity contribution is 5.71. The normalized spacial score (nSPS) is 13.3. The Kier molecular flexibility index (Phi) is 3.58. The zero-order chi connectivity index (χ0) is 13.9. The number of hydrogen-bond donors (Lipinski definition) is 1. The zero-order valence-electron chi connectivity index (χ0n) is 11.4. The van der Waals surface area contributed by atoms with Crippen molar-refractivity contribution in [1.82, 2.24) is 0 Å². The van der Waals surface area contributed by atoms with E-state index in [1.54, 1.807) is 0 Å². The molecule has 0 saturated carbocycles. The molecule has 0 bridgehead atoms. The van der Waals surface area contributed by atoms with E-state index in [0.29, 0.717) is 19.8 Å². The van der Waals surface area contributed by atoms with Crippen molar-refractivity contribution >= 4 is 0 Å². The van der Waals surface area contributed by atoms with Crippen LogP contribution in [0.15, 0.2) is 36.4 Å². The molecule has 0 radical (unpaired) electrons. The standard InChI is InChI=1S/C16H17NO3/c1-11-13(10-20-17)3-2-4-14(11)12-5-6-15-16(9-12)19-8-7-18-15/h2-6,9H,7-8,10,17H2,1H3. The Bertz CT molecular complexity index is 625. The highest BCUT2D eigenvalue weighted by Gasteiger charge is 2.14. The minimum atomic E-state index is 0.407. The van der Waals surface area contributed by atoms with Gasteiger partial charge >= 0.3 is 0 Å². The van der Waals surface area contributed by atoms with Gasteiger partial charge in [0.05, 0.1) is 6.61 Å². The van der Waals surface area contributed by atoms with E-state index in [1.165, 1.54) is 0 Å². The molecule has 2 N–H and O–H groups in total. The second kappa shape index (κ2) is 5.53. The van der Waals surface area contributed by atoms with Crippen LogP contribution in [0.25, 0.3) is 11.1 Å². The van der Waals surface area contributed by atoms with Gasteiger partial charge in [0.2, 0.25) is 0 Å². The molecule has 0 aliphatic carbocycles. The summed E-state index contributed by atoms with van der Waals surface area (Å²) in [5, 5.41) is 0. The minimum absolute atomic E-state index is 0.407. The maximum atomic E-state index is 5.63. The third-order valence-corrected chi connectivity index (χ3v) is 3.54. The van der Waals surface area contributed by atoms with E-state index in [-0.39, 0.29) is 0 Å². The van der Waals surface area contributed by atoms with Crippen molar-refractivity contribution in [2.45, 2.75) is 13.5 Å². The van der Waals surface area contributed by atoms with Gasteiger partial charge in [-0.05, 0) is 41.3 Å². The molecule has 1 aliphatic rings. The van der Waals surface area contributed by atoms with E-state index >= 15 is 0 Å². The van der Waals surface area contributed by atoms with Gasteiger partial charge in [0, 0.05) is 0 Å². The molecule has 1 aliphatic heterocycles. The molecule has 0 fully saturated rings.